The molecule has 2 aromatic carbocycles. The van der Waals surface area contributed by atoms with E-state index in [1.165, 1.54) is 29.5 Å². The summed E-state index contributed by atoms with van der Waals surface area (Å²) in [7, 11) is 0. The van der Waals surface area contributed by atoms with Gasteiger partial charge in [-0.05, 0) is 66.8 Å². The summed E-state index contributed by atoms with van der Waals surface area (Å²) in [6.45, 7) is 0. The zero-order chi connectivity index (χ0) is 17.0. The second kappa shape index (κ2) is 5.98. The molecule has 0 saturated heterocycles. The number of benzene rings is 2. The quantitative estimate of drug-likeness (QED) is 0.693. The number of hydrogen-bond donors (Lipinski definition) is 0. The lowest BCUT2D eigenvalue weighted by Crippen LogP contribution is -2.37. The van der Waals surface area contributed by atoms with Crippen molar-refractivity contribution < 1.29 is 4.79 Å². The average Bonchev–Trinajstić information content (AvgIpc) is 3.53. The summed E-state index contributed by atoms with van der Waals surface area (Å²) in [5, 5.41) is 0. The molecule has 0 heterocycles. The van der Waals surface area contributed by atoms with Gasteiger partial charge in [-0.1, -0.05) is 52.3 Å². The second-order valence-corrected chi connectivity index (χ2v) is 8.65. The lowest BCUT2D eigenvalue weighted by atomic mass is 10.0. The Hall–Kier alpha value is -1.61. The lowest BCUT2D eigenvalue weighted by molar-refractivity contribution is -0.135. The van der Waals surface area contributed by atoms with E-state index in [0.717, 1.165) is 23.7 Å². The fraction of sp³-hybridized carbons (Fsp3) is 0.409. The molecule has 0 bridgehead atoms. The van der Waals surface area contributed by atoms with E-state index in [0.29, 0.717) is 23.9 Å². The van der Waals surface area contributed by atoms with Gasteiger partial charge in [0.05, 0.1) is 6.04 Å². The largest absolute Gasteiger partial charge is 0.332 e. The van der Waals surface area contributed by atoms with Crippen LogP contribution in [0.1, 0.15) is 54.3 Å². The Morgan fingerprint density at radius 1 is 1.04 bits per heavy atom. The minimum absolute atomic E-state index is 0.183. The van der Waals surface area contributed by atoms with Crippen molar-refractivity contribution in [1.29, 1.82) is 0 Å². The highest BCUT2D eigenvalue weighted by Gasteiger charge is 2.50. The monoisotopic (exact) mass is 395 g/mol. The normalized spacial score (nSPS) is 27.0. The fourth-order valence-electron chi connectivity index (χ4n) is 4.53. The molecule has 3 aliphatic rings. The zero-order valence-electron chi connectivity index (χ0n) is 14.2. The Balaban J connectivity index is 1.39. The summed E-state index contributed by atoms with van der Waals surface area (Å²) in [4.78, 5) is 15.6. The third-order valence-corrected chi connectivity index (χ3v) is 6.51. The van der Waals surface area contributed by atoms with E-state index in [1.807, 2.05) is 0 Å². The predicted molar refractivity (Wildman–Crippen MR) is 102 cm³/mol. The predicted octanol–water partition coefficient (Wildman–Crippen LogP) is 5.23. The van der Waals surface area contributed by atoms with E-state index in [1.54, 1.807) is 0 Å². The first-order valence-corrected chi connectivity index (χ1v) is 10.2. The van der Waals surface area contributed by atoms with Gasteiger partial charge >= 0.3 is 0 Å². The van der Waals surface area contributed by atoms with Gasteiger partial charge in [0.2, 0.25) is 5.91 Å². The Morgan fingerprint density at radius 2 is 1.88 bits per heavy atom. The van der Waals surface area contributed by atoms with Crippen molar-refractivity contribution in [2.24, 2.45) is 5.92 Å². The van der Waals surface area contributed by atoms with Gasteiger partial charge in [-0.25, -0.2) is 0 Å². The summed E-state index contributed by atoms with van der Waals surface area (Å²) in [6, 6.07) is 17.9. The number of carbonyl (C=O) groups is 1. The number of fused-ring (bicyclic) bond motifs is 1. The first kappa shape index (κ1) is 15.6. The molecular formula is C22H22BrNO. The molecule has 0 radical (unpaired) electrons. The minimum Gasteiger partial charge on any atom is -0.332 e. The molecule has 5 rings (SSSR count). The number of amides is 1. The maximum absolute atomic E-state index is 13.4. The van der Waals surface area contributed by atoms with Gasteiger partial charge in [-0.3, -0.25) is 4.79 Å². The van der Waals surface area contributed by atoms with Crippen LogP contribution in [0.25, 0.3) is 0 Å². The number of rotatable bonds is 4. The molecule has 3 aliphatic carbocycles. The third-order valence-electron chi connectivity index (χ3n) is 6.02. The highest BCUT2D eigenvalue weighted by atomic mass is 79.9. The van der Waals surface area contributed by atoms with E-state index >= 15 is 0 Å². The van der Waals surface area contributed by atoms with Gasteiger partial charge in [-0.2, -0.15) is 0 Å². The van der Waals surface area contributed by atoms with Crippen molar-refractivity contribution in [3.05, 3.63) is 69.7 Å². The molecule has 3 unspecified atom stereocenters. The molecule has 0 aromatic heterocycles. The molecule has 0 spiro atoms. The zero-order valence-corrected chi connectivity index (χ0v) is 15.8. The highest BCUT2D eigenvalue weighted by Crippen LogP contribution is 2.52. The number of aryl methyl sites for hydroxylation is 1. The van der Waals surface area contributed by atoms with E-state index < -0.39 is 0 Å². The summed E-state index contributed by atoms with van der Waals surface area (Å²) in [5.41, 5.74) is 4.13. The van der Waals surface area contributed by atoms with Gasteiger partial charge < -0.3 is 4.90 Å². The van der Waals surface area contributed by atoms with Gasteiger partial charge in [0, 0.05) is 16.4 Å². The van der Waals surface area contributed by atoms with Gasteiger partial charge in [0.1, 0.15) is 0 Å². The van der Waals surface area contributed by atoms with Crippen molar-refractivity contribution in [3.8, 4) is 0 Å². The fourth-order valence-corrected chi connectivity index (χ4v) is 4.95. The van der Waals surface area contributed by atoms with Crippen LogP contribution in [0.15, 0.2) is 53.0 Å². The molecule has 1 amide bonds. The summed E-state index contributed by atoms with van der Waals surface area (Å²) < 4.78 is 1.10. The highest BCUT2D eigenvalue weighted by molar-refractivity contribution is 9.10. The molecule has 0 N–H and O–H groups in total. The molecule has 25 heavy (non-hydrogen) atoms. The third kappa shape index (κ3) is 2.83. The lowest BCUT2D eigenvalue weighted by Gasteiger charge is -2.30. The van der Waals surface area contributed by atoms with Crippen LogP contribution < -0.4 is 0 Å². The first-order valence-electron chi connectivity index (χ1n) is 9.38. The number of nitrogens with zero attached hydrogens (tertiary/aromatic N) is 1. The van der Waals surface area contributed by atoms with Crippen molar-refractivity contribution >= 4 is 21.8 Å². The van der Waals surface area contributed by atoms with Crippen molar-refractivity contribution in [2.75, 3.05) is 0 Å². The standard InChI is InChI=1S/C22H22BrNO/c23-16-6-3-5-15(12-16)19-13-20(19)22(25)24(17-9-10-17)21-11-8-14-4-1-2-7-18(14)21/h1-7,12,17,19-21H,8-11,13H2. The summed E-state index contributed by atoms with van der Waals surface area (Å²) in [6.07, 6.45) is 5.57. The molecule has 3 heteroatoms. The second-order valence-electron chi connectivity index (χ2n) is 7.73. The minimum atomic E-state index is 0.183. The Bertz CT molecular complexity index is 828. The van der Waals surface area contributed by atoms with E-state index in [4.69, 9.17) is 0 Å². The van der Waals surface area contributed by atoms with Gasteiger partial charge in [0.15, 0.2) is 0 Å². The molecule has 2 nitrogen and oxygen atoms in total. The van der Waals surface area contributed by atoms with Crippen LogP contribution in [-0.4, -0.2) is 16.8 Å². The van der Waals surface area contributed by atoms with Crippen molar-refractivity contribution in [2.45, 2.75) is 50.1 Å². The Kier molecular flexibility index (Phi) is 3.74. The molecule has 128 valence electrons. The van der Waals surface area contributed by atoms with Gasteiger partial charge in [-0.15, -0.1) is 0 Å². The Morgan fingerprint density at radius 3 is 2.68 bits per heavy atom. The van der Waals surface area contributed by atoms with Crippen LogP contribution in [0.5, 0.6) is 0 Å². The van der Waals surface area contributed by atoms with Crippen molar-refractivity contribution in [1.82, 2.24) is 4.90 Å². The first-order chi connectivity index (χ1) is 12.2. The number of hydrogen-bond acceptors (Lipinski definition) is 1. The molecule has 0 aliphatic heterocycles. The van der Waals surface area contributed by atoms with Crippen LogP contribution in [-0.2, 0) is 11.2 Å². The maximum Gasteiger partial charge on any atom is 0.227 e. The smallest absolute Gasteiger partial charge is 0.227 e. The van der Waals surface area contributed by atoms with Crippen LogP contribution in [0.3, 0.4) is 0 Å². The number of carbonyl (C=O) groups excluding carboxylic acids is 1. The molecular weight excluding hydrogens is 374 g/mol. The van der Waals surface area contributed by atoms with E-state index in [-0.39, 0.29) is 5.92 Å². The average molecular weight is 396 g/mol. The molecule has 2 aromatic rings. The SMILES string of the molecule is O=C(C1CC1c1cccc(Br)c1)N(C1CC1)C1CCc2ccccc21. The Labute approximate surface area is 157 Å². The summed E-state index contributed by atoms with van der Waals surface area (Å²) >= 11 is 3.55. The molecule has 2 saturated carbocycles. The van der Waals surface area contributed by atoms with E-state index in [9.17, 15) is 4.79 Å². The topological polar surface area (TPSA) is 20.3 Å². The molecule has 2 fully saturated rings. The summed E-state index contributed by atoms with van der Waals surface area (Å²) in [5.74, 6) is 0.986. The number of halogens is 1. The van der Waals surface area contributed by atoms with Crippen molar-refractivity contribution in [3.63, 3.8) is 0 Å². The van der Waals surface area contributed by atoms with Crippen LogP contribution in [0.4, 0.5) is 0 Å². The van der Waals surface area contributed by atoms with Crippen LogP contribution >= 0.6 is 15.9 Å². The van der Waals surface area contributed by atoms with E-state index in [2.05, 4.69) is 69.4 Å². The maximum atomic E-state index is 13.4. The molecule has 3 atom stereocenters. The van der Waals surface area contributed by atoms with Gasteiger partial charge in [0.25, 0.3) is 0 Å². The van der Waals surface area contributed by atoms with Crippen LogP contribution in [0, 0.1) is 5.92 Å². The van der Waals surface area contributed by atoms with Crippen LogP contribution in [0.2, 0.25) is 0 Å².